The fraction of sp³-hybridized carbons (Fsp3) is 0.526. The molecule has 2 amide bonds. The van der Waals surface area contributed by atoms with Crippen LogP contribution in [0.4, 0.5) is 20.6 Å². The summed E-state index contributed by atoms with van der Waals surface area (Å²) in [6, 6.07) is 7.10. The lowest BCUT2D eigenvalue weighted by Crippen LogP contribution is -2.33. The van der Waals surface area contributed by atoms with Crippen LogP contribution in [0, 0.1) is 34.9 Å². The standard InChI is InChI=1S/C19H21FN4O3/c1-11(25)22-7-13-8-24(19(26)27-13)18-3-2-12(6-17(18)20)23-9-15-14(4-5-21)16(15)10-23/h2-3,6,13-16H,4,7-10H2,1H3,(H,22,25)/t13-,14?,15?,16?/m0/s1. The van der Waals surface area contributed by atoms with E-state index in [4.69, 9.17) is 10.00 Å². The highest BCUT2D eigenvalue weighted by Gasteiger charge is 2.55. The molecule has 2 unspecified atom stereocenters. The van der Waals surface area contributed by atoms with Gasteiger partial charge in [-0.1, -0.05) is 0 Å². The molecular weight excluding hydrogens is 351 g/mol. The van der Waals surface area contributed by atoms with Crippen LogP contribution in [-0.4, -0.2) is 44.3 Å². The summed E-state index contributed by atoms with van der Waals surface area (Å²) in [4.78, 5) is 26.4. The molecular formula is C19H21FN4O3. The van der Waals surface area contributed by atoms with Crippen LogP contribution in [0.15, 0.2) is 18.2 Å². The quantitative estimate of drug-likeness (QED) is 0.853. The molecule has 7 nitrogen and oxygen atoms in total. The van der Waals surface area contributed by atoms with E-state index in [1.165, 1.54) is 17.9 Å². The SMILES string of the molecule is CC(=O)NC[C@H]1CN(c2ccc(N3CC4C(CC#N)C4C3)cc2F)C(=O)O1. The number of nitrogens with zero attached hydrogens (tertiary/aromatic N) is 3. The maximum absolute atomic E-state index is 14.7. The Morgan fingerprint density at radius 2 is 2.11 bits per heavy atom. The number of amides is 2. The number of nitrogens with one attached hydrogen (secondary N) is 1. The van der Waals surface area contributed by atoms with Crippen molar-refractivity contribution in [1.82, 2.24) is 5.32 Å². The van der Waals surface area contributed by atoms with E-state index < -0.39 is 18.0 Å². The first-order valence-corrected chi connectivity index (χ1v) is 9.12. The second-order valence-electron chi connectivity index (χ2n) is 7.45. The molecule has 0 spiro atoms. The van der Waals surface area contributed by atoms with Crippen molar-refractivity contribution >= 4 is 23.4 Å². The third-order valence-corrected chi connectivity index (χ3v) is 5.74. The van der Waals surface area contributed by atoms with E-state index in [2.05, 4.69) is 16.3 Å². The van der Waals surface area contributed by atoms with Gasteiger partial charge in [0.2, 0.25) is 5.91 Å². The molecule has 142 valence electrons. The number of carbonyl (C=O) groups excluding carboxylic acids is 2. The molecule has 3 atom stereocenters. The Hall–Kier alpha value is -2.82. The van der Waals surface area contributed by atoms with Crippen LogP contribution in [0.3, 0.4) is 0 Å². The third kappa shape index (κ3) is 3.29. The fourth-order valence-electron chi connectivity index (χ4n) is 4.26. The minimum absolute atomic E-state index is 0.181. The molecule has 2 saturated heterocycles. The number of piperidine rings is 1. The highest BCUT2D eigenvalue weighted by atomic mass is 19.1. The van der Waals surface area contributed by atoms with Crippen molar-refractivity contribution in [3.63, 3.8) is 0 Å². The summed E-state index contributed by atoms with van der Waals surface area (Å²) in [5.41, 5.74) is 0.974. The van der Waals surface area contributed by atoms with Crippen molar-refractivity contribution in [3.05, 3.63) is 24.0 Å². The first-order valence-electron chi connectivity index (χ1n) is 9.12. The molecule has 1 aromatic carbocycles. The minimum Gasteiger partial charge on any atom is -0.442 e. The lowest BCUT2D eigenvalue weighted by Gasteiger charge is -2.23. The number of hydrogen-bond donors (Lipinski definition) is 1. The van der Waals surface area contributed by atoms with Gasteiger partial charge in [0.25, 0.3) is 0 Å². The molecule has 1 aromatic rings. The van der Waals surface area contributed by atoms with Gasteiger partial charge in [0.1, 0.15) is 11.9 Å². The van der Waals surface area contributed by atoms with Gasteiger partial charge in [-0.05, 0) is 36.0 Å². The van der Waals surface area contributed by atoms with Crippen molar-refractivity contribution in [3.8, 4) is 6.07 Å². The molecule has 1 aliphatic carbocycles. The van der Waals surface area contributed by atoms with Gasteiger partial charge >= 0.3 is 6.09 Å². The lowest BCUT2D eigenvalue weighted by molar-refractivity contribution is -0.119. The Morgan fingerprint density at radius 1 is 1.37 bits per heavy atom. The second kappa shape index (κ2) is 6.72. The second-order valence-corrected chi connectivity index (χ2v) is 7.45. The van der Waals surface area contributed by atoms with Crippen LogP contribution in [0.5, 0.6) is 0 Å². The molecule has 27 heavy (non-hydrogen) atoms. The molecule has 0 bridgehead atoms. The van der Waals surface area contributed by atoms with E-state index in [1.807, 2.05) is 6.07 Å². The van der Waals surface area contributed by atoms with E-state index in [0.29, 0.717) is 24.2 Å². The number of cyclic esters (lactones) is 1. The molecule has 1 N–H and O–H groups in total. The average molecular weight is 372 g/mol. The molecule has 3 fully saturated rings. The zero-order valence-electron chi connectivity index (χ0n) is 15.0. The van der Waals surface area contributed by atoms with Gasteiger partial charge in [-0.2, -0.15) is 5.26 Å². The van der Waals surface area contributed by atoms with Gasteiger partial charge in [0.05, 0.1) is 24.8 Å². The number of ether oxygens (including phenoxy) is 1. The topological polar surface area (TPSA) is 85.7 Å². The molecule has 3 aliphatic rings. The van der Waals surface area contributed by atoms with Crippen LogP contribution < -0.4 is 15.1 Å². The van der Waals surface area contributed by atoms with Crippen LogP contribution in [0.1, 0.15) is 13.3 Å². The molecule has 8 heteroatoms. The van der Waals surface area contributed by atoms with E-state index in [1.54, 1.807) is 6.07 Å². The Kier molecular flexibility index (Phi) is 4.38. The zero-order valence-corrected chi connectivity index (χ0v) is 15.0. The maximum Gasteiger partial charge on any atom is 0.414 e. The van der Waals surface area contributed by atoms with Crippen LogP contribution >= 0.6 is 0 Å². The fourth-order valence-corrected chi connectivity index (χ4v) is 4.26. The Morgan fingerprint density at radius 3 is 2.74 bits per heavy atom. The molecule has 0 radical (unpaired) electrons. The van der Waals surface area contributed by atoms with Crippen molar-refractivity contribution in [2.75, 3.05) is 36.0 Å². The van der Waals surface area contributed by atoms with Gasteiger partial charge in [0, 0.05) is 32.1 Å². The average Bonchev–Trinajstić information content (AvgIpc) is 2.98. The minimum atomic E-state index is -0.612. The van der Waals surface area contributed by atoms with Gasteiger partial charge < -0.3 is 15.0 Å². The predicted molar refractivity (Wildman–Crippen MR) is 95.6 cm³/mol. The van der Waals surface area contributed by atoms with Gasteiger partial charge in [0.15, 0.2) is 0 Å². The number of halogens is 1. The van der Waals surface area contributed by atoms with Crippen molar-refractivity contribution in [1.29, 1.82) is 5.26 Å². The molecule has 4 rings (SSSR count). The van der Waals surface area contributed by atoms with E-state index in [9.17, 15) is 14.0 Å². The summed E-state index contributed by atoms with van der Waals surface area (Å²) in [5, 5.41) is 11.4. The third-order valence-electron chi connectivity index (χ3n) is 5.74. The molecule has 1 saturated carbocycles. The lowest BCUT2D eigenvalue weighted by atomic mass is 10.2. The molecule has 0 aromatic heterocycles. The number of anilines is 2. The van der Waals surface area contributed by atoms with Crippen molar-refractivity contribution in [2.24, 2.45) is 17.8 Å². The number of rotatable bonds is 5. The van der Waals surface area contributed by atoms with E-state index in [-0.39, 0.29) is 24.7 Å². The van der Waals surface area contributed by atoms with E-state index >= 15 is 0 Å². The summed E-state index contributed by atoms with van der Waals surface area (Å²) in [6.45, 7) is 3.48. The number of nitriles is 1. The predicted octanol–water partition coefficient (Wildman–Crippen LogP) is 1.88. The largest absolute Gasteiger partial charge is 0.442 e. The summed E-state index contributed by atoms with van der Waals surface area (Å²) in [7, 11) is 0. The highest BCUT2D eigenvalue weighted by Crippen LogP contribution is 2.54. The van der Waals surface area contributed by atoms with Crippen LogP contribution in [0.25, 0.3) is 0 Å². The first-order chi connectivity index (χ1) is 13.0. The van der Waals surface area contributed by atoms with Crippen molar-refractivity contribution in [2.45, 2.75) is 19.4 Å². The number of benzene rings is 1. The van der Waals surface area contributed by atoms with Crippen LogP contribution in [0.2, 0.25) is 0 Å². The Labute approximate surface area is 156 Å². The normalized spacial score (nSPS) is 28.6. The number of carbonyl (C=O) groups is 2. The summed E-state index contributed by atoms with van der Waals surface area (Å²) in [5.74, 6) is 0.890. The number of fused-ring (bicyclic) bond motifs is 1. The van der Waals surface area contributed by atoms with Gasteiger partial charge in [-0.25, -0.2) is 9.18 Å². The molecule has 2 heterocycles. The maximum atomic E-state index is 14.7. The van der Waals surface area contributed by atoms with Crippen molar-refractivity contribution < 1.29 is 18.7 Å². The summed E-state index contributed by atoms with van der Waals surface area (Å²) < 4.78 is 19.9. The Balaban J connectivity index is 1.40. The van der Waals surface area contributed by atoms with Gasteiger partial charge in [-0.3, -0.25) is 9.69 Å². The number of hydrogen-bond acceptors (Lipinski definition) is 5. The Bertz CT molecular complexity index is 812. The zero-order chi connectivity index (χ0) is 19.1. The monoisotopic (exact) mass is 372 g/mol. The van der Waals surface area contributed by atoms with Gasteiger partial charge in [-0.15, -0.1) is 0 Å². The highest BCUT2D eigenvalue weighted by molar-refractivity contribution is 5.90. The summed E-state index contributed by atoms with van der Waals surface area (Å²) in [6.07, 6.45) is -0.505. The van der Waals surface area contributed by atoms with E-state index in [0.717, 1.165) is 18.8 Å². The summed E-state index contributed by atoms with van der Waals surface area (Å²) >= 11 is 0. The van der Waals surface area contributed by atoms with Crippen LogP contribution in [-0.2, 0) is 9.53 Å². The molecule has 2 aliphatic heterocycles. The first kappa shape index (κ1) is 17.6. The smallest absolute Gasteiger partial charge is 0.414 e.